The number of likely N-dealkylation sites (N-methyl/N-ethyl adjacent to an activating group) is 1. The average Bonchev–Trinajstić information content (AvgIpc) is 2.59. The molecule has 0 saturated heterocycles. The quantitative estimate of drug-likeness (QED) is 0.785. The van der Waals surface area contributed by atoms with Gasteiger partial charge >= 0.3 is 0 Å². The van der Waals surface area contributed by atoms with E-state index in [4.69, 9.17) is 0 Å². The molecule has 0 radical (unpaired) electrons. The van der Waals surface area contributed by atoms with E-state index < -0.39 is 0 Å². The third-order valence-corrected chi connectivity index (χ3v) is 3.77. The third-order valence-electron chi connectivity index (χ3n) is 3.77. The van der Waals surface area contributed by atoms with Gasteiger partial charge in [-0.25, -0.2) is 0 Å². The van der Waals surface area contributed by atoms with Gasteiger partial charge in [-0.05, 0) is 44.6 Å². The normalized spacial score (nSPS) is 16.4. The predicted octanol–water partition coefficient (Wildman–Crippen LogP) is 1.59. The van der Waals surface area contributed by atoms with Crippen LogP contribution in [0.3, 0.4) is 0 Å². The van der Waals surface area contributed by atoms with Gasteiger partial charge in [-0.3, -0.25) is 4.90 Å². The Bertz CT molecular complexity index is 376. The summed E-state index contributed by atoms with van der Waals surface area (Å²) in [6.45, 7) is 6.79. The lowest BCUT2D eigenvalue weighted by molar-refractivity contribution is 0.267. The van der Waals surface area contributed by atoms with Crippen molar-refractivity contribution in [1.82, 2.24) is 15.1 Å². The average molecular weight is 261 g/mol. The Kier molecular flexibility index (Phi) is 5.83. The van der Waals surface area contributed by atoms with E-state index in [1.165, 1.54) is 24.9 Å². The number of hydrogen-bond acceptors (Lipinski definition) is 3. The Morgan fingerprint density at radius 3 is 2.74 bits per heavy atom. The highest BCUT2D eigenvalue weighted by atomic mass is 15.1. The molecule has 1 N–H and O–H groups in total. The van der Waals surface area contributed by atoms with Gasteiger partial charge in [0.15, 0.2) is 0 Å². The third kappa shape index (κ3) is 4.94. The van der Waals surface area contributed by atoms with Gasteiger partial charge in [-0.2, -0.15) is 0 Å². The molecule has 3 heteroatoms. The lowest BCUT2D eigenvalue weighted by Crippen LogP contribution is -2.34. The van der Waals surface area contributed by atoms with Crippen LogP contribution < -0.4 is 5.32 Å². The van der Waals surface area contributed by atoms with Crippen LogP contribution in [0.1, 0.15) is 17.5 Å². The second-order valence-electron chi connectivity index (χ2n) is 5.70. The van der Waals surface area contributed by atoms with Crippen molar-refractivity contribution in [3.8, 4) is 0 Å². The van der Waals surface area contributed by atoms with Crippen molar-refractivity contribution in [2.75, 3.05) is 46.8 Å². The van der Waals surface area contributed by atoms with E-state index in [1.54, 1.807) is 5.56 Å². The van der Waals surface area contributed by atoms with Crippen LogP contribution in [-0.4, -0.2) is 56.6 Å². The molecule has 0 unspecified atom stereocenters. The molecule has 1 aromatic rings. The Morgan fingerprint density at radius 1 is 1.16 bits per heavy atom. The molecule has 0 aromatic heterocycles. The molecule has 1 aliphatic rings. The summed E-state index contributed by atoms with van der Waals surface area (Å²) < 4.78 is 0. The van der Waals surface area contributed by atoms with Crippen LogP contribution in [0.2, 0.25) is 0 Å². The minimum Gasteiger partial charge on any atom is -0.314 e. The topological polar surface area (TPSA) is 18.5 Å². The van der Waals surface area contributed by atoms with E-state index >= 15 is 0 Å². The molecule has 0 amide bonds. The van der Waals surface area contributed by atoms with E-state index in [1.807, 2.05) is 0 Å². The van der Waals surface area contributed by atoms with Crippen LogP contribution in [-0.2, 0) is 13.0 Å². The molecule has 106 valence electrons. The zero-order valence-electron chi connectivity index (χ0n) is 12.4. The number of nitrogens with zero attached hydrogens (tertiary/aromatic N) is 2. The minimum absolute atomic E-state index is 1.08. The molecule has 3 nitrogen and oxygen atoms in total. The van der Waals surface area contributed by atoms with Crippen LogP contribution in [0, 0.1) is 0 Å². The molecule has 2 rings (SSSR count). The monoisotopic (exact) mass is 261 g/mol. The summed E-state index contributed by atoms with van der Waals surface area (Å²) in [4.78, 5) is 4.80. The van der Waals surface area contributed by atoms with Crippen LogP contribution in [0.25, 0.3) is 0 Å². The lowest BCUT2D eigenvalue weighted by Gasteiger charge is -2.21. The first kappa shape index (κ1) is 14.5. The summed E-state index contributed by atoms with van der Waals surface area (Å²) in [5.41, 5.74) is 3.07. The molecular weight excluding hydrogens is 234 g/mol. The van der Waals surface area contributed by atoms with Gasteiger partial charge in [0.25, 0.3) is 0 Å². The Balaban J connectivity index is 1.73. The first-order valence-corrected chi connectivity index (χ1v) is 7.40. The van der Waals surface area contributed by atoms with Gasteiger partial charge in [0.1, 0.15) is 0 Å². The molecule has 0 spiro atoms. The molecule has 0 bridgehead atoms. The highest BCUT2D eigenvalue weighted by Gasteiger charge is 2.12. The molecule has 1 aromatic carbocycles. The standard InChI is InChI=1S/C16H27N3/c1-18(2)12-9-17-10-13-19-11-5-8-15-6-3-4-7-16(15)14-19/h3-4,6-7,17H,5,8-14H2,1-2H3. The second kappa shape index (κ2) is 7.63. The van der Waals surface area contributed by atoms with Crippen LogP contribution in [0.15, 0.2) is 24.3 Å². The number of benzene rings is 1. The van der Waals surface area contributed by atoms with Crippen molar-refractivity contribution in [2.45, 2.75) is 19.4 Å². The summed E-state index contributed by atoms with van der Waals surface area (Å²) in [6.07, 6.45) is 2.52. The highest BCUT2D eigenvalue weighted by molar-refractivity contribution is 5.27. The number of nitrogens with one attached hydrogen (secondary N) is 1. The minimum atomic E-state index is 1.08. The summed E-state index contributed by atoms with van der Waals surface area (Å²) in [6, 6.07) is 8.90. The Morgan fingerprint density at radius 2 is 1.95 bits per heavy atom. The van der Waals surface area contributed by atoms with E-state index in [9.17, 15) is 0 Å². The Hall–Kier alpha value is -0.900. The van der Waals surface area contributed by atoms with Gasteiger partial charge < -0.3 is 10.2 Å². The van der Waals surface area contributed by atoms with Crippen molar-refractivity contribution < 1.29 is 0 Å². The number of rotatable bonds is 6. The molecule has 0 saturated carbocycles. The maximum atomic E-state index is 3.53. The van der Waals surface area contributed by atoms with E-state index in [0.717, 1.165) is 32.7 Å². The molecule has 0 atom stereocenters. The van der Waals surface area contributed by atoms with Gasteiger partial charge in [-0.1, -0.05) is 24.3 Å². The van der Waals surface area contributed by atoms with Gasteiger partial charge in [0.2, 0.25) is 0 Å². The van der Waals surface area contributed by atoms with Crippen molar-refractivity contribution in [1.29, 1.82) is 0 Å². The highest BCUT2D eigenvalue weighted by Crippen LogP contribution is 2.17. The van der Waals surface area contributed by atoms with Crippen LogP contribution >= 0.6 is 0 Å². The molecule has 1 heterocycles. The van der Waals surface area contributed by atoms with Crippen LogP contribution in [0.5, 0.6) is 0 Å². The van der Waals surface area contributed by atoms with Gasteiger partial charge in [-0.15, -0.1) is 0 Å². The van der Waals surface area contributed by atoms with Crippen LogP contribution in [0.4, 0.5) is 0 Å². The van der Waals surface area contributed by atoms with Gasteiger partial charge in [0, 0.05) is 32.7 Å². The fourth-order valence-electron chi connectivity index (χ4n) is 2.62. The summed E-state index contributed by atoms with van der Waals surface area (Å²) >= 11 is 0. The molecule has 19 heavy (non-hydrogen) atoms. The SMILES string of the molecule is CN(C)CCNCCN1CCCc2ccccc2C1. The number of fused-ring (bicyclic) bond motifs is 1. The summed E-state index contributed by atoms with van der Waals surface area (Å²) in [7, 11) is 4.24. The molecular formula is C16H27N3. The molecule has 0 fully saturated rings. The lowest BCUT2D eigenvalue weighted by atomic mass is 10.0. The summed E-state index contributed by atoms with van der Waals surface area (Å²) in [5.74, 6) is 0. The number of aryl methyl sites for hydroxylation is 1. The van der Waals surface area contributed by atoms with Crippen molar-refractivity contribution >= 4 is 0 Å². The first-order valence-electron chi connectivity index (χ1n) is 7.40. The zero-order chi connectivity index (χ0) is 13.5. The van der Waals surface area contributed by atoms with E-state index in [-0.39, 0.29) is 0 Å². The maximum absolute atomic E-state index is 3.53. The largest absolute Gasteiger partial charge is 0.314 e. The maximum Gasteiger partial charge on any atom is 0.0237 e. The number of hydrogen-bond donors (Lipinski definition) is 1. The molecule has 1 aliphatic heterocycles. The van der Waals surface area contributed by atoms with Crippen molar-refractivity contribution in [2.24, 2.45) is 0 Å². The summed E-state index contributed by atoms with van der Waals surface area (Å²) in [5, 5.41) is 3.53. The fourth-order valence-corrected chi connectivity index (χ4v) is 2.62. The van der Waals surface area contributed by atoms with E-state index in [0.29, 0.717) is 0 Å². The van der Waals surface area contributed by atoms with Crippen molar-refractivity contribution in [3.63, 3.8) is 0 Å². The first-order chi connectivity index (χ1) is 9.25. The second-order valence-corrected chi connectivity index (χ2v) is 5.70. The van der Waals surface area contributed by atoms with Crippen molar-refractivity contribution in [3.05, 3.63) is 35.4 Å². The smallest absolute Gasteiger partial charge is 0.0237 e. The fraction of sp³-hybridized carbons (Fsp3) is 0.625. The zero-order valence-corrected chi connectivity index (χ0v) is 12.4. The molecule has 0 aliphatic carbocycles. The predicted molar refractivity (Wildman–Crippen MR) is 81.5 cm³/mol. The van der Waals surface area contributed by atoms with E-state index in [2.05, 4.69) is 53.5 Å². The van der Waals surface area contributed by atoms with Gasteiger partial charge in [0.05, 0.1) is 0 Å². The Labute approximate surface area is 117 Å².